The van der Waals surface area contributed by atoms with Crippen LogP contribution < -0.4 is 5.32 Å². The maximum absolute atomic E-state index is 11.6. The van der Waals surface area contributed by atoms with E-state index in [4.69, 9.17) is 9.47 Å². The minimum atomic E-state index is -1.02. The standard InChI is InChI=1S/C12H19N3O4/c1-11(2,3)19-10(16)13-9-5-8(15(4)14-9)12(17)6-18-7-12/h5,17H,6-7H2,1-4H3,(H,13,14,16). The second kappa shape index (κ2) is 4.50. The number of hydrogen-bond acceptors (Lipinski definition) is 5. The third kappa shape index (κ3) is 3.05. The van der Waals surface area contributed by atoms with Gasteiger partial charge in [-0.05, 0) is 20.8 Å². The van der Waals surface area contributed by atoms with Gasteiger partial charge in [0.05, 0.1) is 18.9 Å². The van der Waals surface area contributed by atoms with Crippen LogP contribution >= 0.6 is 0 Å². The van der Waals surface area contributed by atoms with Gasteiger partial charge in [0.2, 0.25) is 0 Å². The summed E-state index contributed by atoms with van der Waals surface area (Å²) in [7, 11) is 1.70. The first-order valence-corrected chi connectivity index (χ1v) is 6.04. The van der Waals surface area contributed by atoms with Crippen LogP contribution in [0.25, 0.3) is 0 Å². The Morgan fingerprint density at radius 1 is 1.58 bits per heavy atom. The number of ether oxygens (including phenoxy) is 2. The number of anilines is 1. The molecule has 0 aromatic carbocycles. The molecule has 1 aliphatic rings. The van der Waals surface area contributed by atoms with E-state index in [-0.39, 0.29) is 13.2 Å². The van der Waals surface area contributed by atoms with Crippen molar-refractivity contribution in [2.45, 2.75) is 32.0 Å². The van der Waals surface area contributed by atoms with Gasteiger partial charge >= 0.3 is 6.09 Å². The maximum atomic E-state index is 11.6. The molecule has 2 heterocycles. The minimum Gasteiger partial charge on any atom is -0.444 e. The van der Waals surface area contributed by atoms with Gasteiger partial charge in [-0.15, -0.1) is 0 Å². The van der Waals surface area contributed by atoms with E-state index in [9.17, 15) is 9.90 Å². The van der Waals surface area contributed by atoms with Crippen molar-refractivity contribution >= 4 is 11.9 Å². The lowest BCUT2D eigenvalue weighted by atomic mass is 9.98. The van der Waals surface area contributed by atoms with Crippen LogP contribution in [0.2, 0.25) is 0 Å². The molecule has 1 saturated heterocycles. The van der Waals surface area contributed by atoms with Crippen LogP contribution in [0.5, 0.6) is 0 Å². The maximum Gasteiger partial charge on any atom is 0.413 e. The molecule has 0 aliphatic carbocycles. The average Bonchev–Trinajstić information content (AvgIpc) is 2.53. The van der Waals surface area contributed by atoms with Gasteiger partial charge in [0, 0.05) is 13.1 Å². The predicted molar refractivity (Wildman–Crippen MR) is 67.8 cm³/mol. The van der Waals surface area contributed by atoms with E-state index in [1.807, 2.05) is 0 Å². The highest BCUT2D eigenvalue weighted by Crippen LogP contribution is 2.30. The van der Waals surface area contributed by atoms with Crippen LogP contribution in [-0.4, -0.2) is 39.8 Å². The zero-order valence-corrected chi connectivity index (χ0v) is 11.6. The smallest absolute Gasteiger partial charge is 0.413 e. The fourth-order valence-corrected chi connectivity index (χ4v) is 1.82. The molecule has 1 fully saturated rings. The number of carbonyl (C=O) groups is 1. The number of aliphatic hydroxyl groups is 1. The Labute approximate surface area is 111 Å². The third-order valence-corrected chi connectivity index (χ3v) is 2.67. The molecule has 2 N–H and O–H groups in total. The molecule has 0 unspecified atom stereocenters. The molecule has 106 valence electrons. The number of nitrogens with one attached hydrogen (secondary N) is 1. The number of aromatic nitrogens is 2. The van der Waals surface area contributed by atoms with E-state index in [1.54, 1.807) is 33.9 Å². The Hall–Kier alpha value is -1.60. The van der Waals surface area contributed by atoms with Crippen molar-refractivity contribution in [2.24, 2.45) is 7.05 Å². The summed E-state index contributed by atoms with van der Waals surface area (Å²) in [5.74, 6) is 0.340. The molecule has 7 heteroatoms. The predicted octanol–water partition coefficient (Wildman–Crippen LogP) is 0.985. The summed E-state index contributed by atoms with van der Waals surface area (Å²) in [4.78, 5) is 11.6. The number of carbonyl (C=O) groups excluding carboxylic acids is 1. The Bertz CT molecular complexity index is 486. The third-order valence-electron chi connectivity index (χ3n) is 2.67. The molecule has 0 spiro atoms. The van der Waals surface area contributed by atoms with Gasteiger partial charge in [0.15, 0.2) is 11.4 Å². The van der Waals surface area contributed by atoms with Crippen LogP contribution in [0.1, 0.15) is 26.5 Å². The molecule has 1 aliphatic heterocycles. The second-order valence-corrected chi connectivity index (χ2v) is 5.69. The molecule has 0 atom stereocenters. The molecule has 0 radical (unpaired) electrons. The highest BCUT2D eigenvalue weighted by atomic mass is 16.6. The SMILES string of the molecule is Cn1nc(NC(=O)OC(C)(C)C)cc1C1(O)COC1. The van der Waals surface area contributed by atoms with Crippen LogP contribution in [0, 0.1) is 0 Å². The Kier molecular flexibility index (Phi) is 3.27. The van der Waals surface area contributed by atoms with Crippen LogP contribution in [-0.2, 0) is 22.1 Å². The van der Waals surface area contributed by atoms with Crippen molar-refractivity contribution in [1.29, 1.82) is 0 Å². The summed E-state index contributed by atoms with van der Waals surface area (Å²) in [5, 5.41) is 16.8. The van der Waals surface area contributed by atoms with Gasteiger partial charge in [-0.25, -0.2) is 4.79 Å². The Balaban J connectivity index is 2.06. The number of hydrogen-bond donors (Lipinski definition) is 2. The van der Waals surface area contributed by atoms with E-state index in [0.29, 0.717) is 11.5 Å². The van der Waals surface area contributed by atoms with E-state index >= 15 is 0 Å². The number of rotatable bonds is 2. The molecular formula is C12H19N3O4. The van der Waals surface area contributed by atoms with Gasteiger partial charge in [0.1, 0.15) is 5.60 Å². The largest absolute Gasteiger partial charge is 0.444 e. The first kappa shape index (κ1) is 13.8. The van der Waals surface area contributed by atoms with Crippen molar-refractivity contribution in [3.05, 3.63) is 11.8 Å². The van der Waals surface area contributed by atoms with Gasteiger partial charge in [-0.1, -0.05) is 0 Å². The summed E-state index contributed by atoms with van der Waals surface area (Å²) >= 11 is 0. The molecule has 19 heavy (non-hydrogen) atoms. The zero-order valence-electron chi connectivity index (χ0n) is 11.6. The first-order chi connectivity index (χ1) is 8.70. The first-order valence-electron chi connectivity index (χ1n) is 6.04. The zero-order chi connectivity index (χ0) is 14.3. The quantitative estimate of drug-likeness (QED) is 0.836. The lowest BCUT2D eigenvalue weighted by molar-refractivity contribution is -0.188. The second-order valence-electron chi connectivity index (χ2n) is 5.69. The molecule has 7 nitrogen and oxygen atoms in total. The Morgan fingerprint density at radius 2 is 2.21 bits per heavy atom. The molecule has 0 bridgehead atoms. The van der Waals surface area contributed by atoms with Crippen LogP contribution in [0.3, 0.4) is 0 Å². The molecule has 2 rings (SSSR count). The van der Waals surface area contributed by atoms with Crippen LogP contribution in [0.4, 0.5) is 10.6 Å². The topological polar surface area (TPSA) is 85.6 Å². The van der Waals surface area contributed by atoms with Gasteiger partial charge < -0.3 is 14.6 Å². The van der Waals surface area contributed by atoms with E-state index in [0.717, 1.165) is 0 Å². The van der Waals surface area contributed by atoms with Crippen LogP contribution in [0.15, 0.2) is 6.07 Å². The number of aryl methyl sites for hydroxylation is 1. The molecule has 1 aromatic heterocycles. The van der Waals surface area contributed by atoms with Gasteiger partial charge in [0.25, 0.3) is 0 Å². The van der Waals surface area contributed by atoms with Gasteiger partial charge in [-0.2, -0.15) is 5.10 Å². The monoisotopic (exact) mass is 269 g/mol. The summed E-state index contributed by atoms with van der Waals surface area (Å²) in [6.07, 6.45) is -0.575. The molecule has 1 amide bonds. The van der Waals surface area contributed by atoms with Gasteiger partial charge in [-0.3, -0.25) is 10.00 Å². The summed E-state index contributed by atoms with van der Waals surface area (Å²) in [5.41, 5.74) is -0.984. The lowest BCUT2D eigenvalue weighted by Gasteiger charge is -2.35. The fourth-order valence-electron chi connectivity index (χ4n) is 1.82. The highest BCUT2D eigenvalue weighted by Gasteiger charge is 2.41. The van der Waals surface area contributed by atoms with E-state index < -0.39 is 17.3 Å². The number of amides is 1. The highest BCUT2D eigenvalue weighted by molar-refractivity contribution is 5.83. The summed E-state index contributed by atoms with van der Waals surface area (Å²) < 4.78 is 11.7. The summed E-state index contributed by atoms with van der Waals surface area (Å²) in [6, 6.07) is 1.62. The lowest BCUT2D eigenvalue weighted by Crippen LogP contribution is -2.47. The minimum absolute atomic E-state index is 0.235. The van der Waals surface area contributed by atoms with E-state index in [1.165, 1.54) is 4.68 Å². The van der Waals surface area contributed by atoms with Crippen molar-refractivity contribution in [2.75, 3.05) is 18.5 Å². The molecule has 1 aromatic rings. The average molecular weight is 269 g/mol. The summed E-state index contributed by atoms with van der Waals surface area (Å²) in [6.45, 7) is 5.82. The molecule has 0 saturated carbocycles. The van der Waals surface area contributed by atoms with Crippen molar-refractivity contribution in [1.82, 2.24) is 9.78 Å². The Morgan fingerprint density at radius 3 is 2.68 bits per heavy atom. The normalized spacial score (nSPS) is 17.7. The fraction of sp³-hybridized carbons (Fsp3) is 0.667. The number of nitrogens with zero attached hydrogens (tertiary/aromatic N) is 2. The van der Waals surface area contributed by atoms with Crippen molar-refractivity contribution < 1.29 is 19.4 Å². The van der Waals surface area contributed by atoms with E-state index in [2.05, 4.69) is 10.4 Å². The van der Waals surface area contributed by atoms with Crippen molar-refractivity contribution in [3.63, 3.8) is 0 Å². The van der Waals surface area contributed by atoms with Crippen molar-refractivity contribution in [3.8, 4) is 0 Å². The molecular weight excluding hydrogens is 250 g/mol.